The Hall–Kier alpha value is -0.580. The molecule has 1 aromatic rings. The van der Waals surface area contributed by atoms with E-state index in [1.165, 1.54) is 24.0 Å². The highest BCUT2D eigenvalue weighted by Gasteiger charge is 2.68. The third-order valence-corrected chi connectivity index (χ3v) is 8.46. The van der Waals surface area contributed by atoms with E-state index in [1.54, 1.807) is 0 Å². The van der Waals surface area contributed by atoms with Crippen LogP contribution < -0.4 is 0 Å². The highest BCUT2D eigenvalue weighted by Crippen LogP contribution is 2.67. The molecule has 5 rings (SSSR count). The van der Waals surface area contributed by atoms with Crippen molar-refractivity contribution in [1.82, 2.24) is 0 Å². The maximum atomic E-state index is 9.81. The molecule has 1 heterocycles. The first-order valence-electron chi connectivity index (χ1n) is 9.29. The molecule has 0 unspecified atom stereocenters. The Morgan fingerprint density at radius 3 is 2.79 bits per heavy atom. The molecule has 3 fully saturated rings. The van der Waals surface area contributed by atoms with Gasteiger partial charge in [0.2, 0.25) is 0 Å². The van der Waals surface area contributed by atoms with E-state index in [9.17, 15) is 5.11 Å². The SMILES string of the molecule is C[C@@]12CC[C@@H]3c4ccc(O)cc4CC[C@@H]3[C@@H]1C[C@@H](Br)C21OCCO1. The van der Waals surface area contributed by atoms with Crippen LogP contribution in [0.15, 0.2) is 18.2 Å². The lowest BCUT2D eigenvalue weighted by Crippen LogP contribution is -2.53. The lowest BCUT2D eigenvalue weighted by molar-refractivity contribution is -0.233. The summed E-state index contributed by atoms with van der Waals surface area (Å²) in [4.78, 5) is 0.294. The van der Waals surface area contributed by atoms with Gasteiger partial charge in [0.15, 0.2) is 5.79 Å². The van der Waals surface area contributed by atoms with E-state index >= 15 is 0 Å². The number of phenolic OH excluding ortho intramolecular Hbond substituents is 1. The normalized spacial score (nSPS) is 42.6. The van der Waals surface area contributed by atoms with Crippen LogP contribution in [-0.4, -0.2) is 28.9 Å². The Morgan fingerprint density at radius 2 is 2.00 bits per heavy atom. The van der Waals surface area contributed by atoms with Gasteiger partial charge >= 0.3 is 0 Å². The first-order chi connectivity index (χ1) is 11.6. The van der Waals surface area contributed by atoms with E-state index in [0.717, 1.165) is 32.5 Å². The highest BCUT2D eigenvalue weighted by atomic mass is 79.9. The first kappa shape index (κ1) is 15.7. The van der Waals surface area contributed by atoms with Crippen molar-refractivity contribution in [2.24, 2.45) is 17.3 Å². The predicted molar refractivity (Wildman–Crippen MR) is 95.5 cm³/mol. The van der Waals surface area contributed by atoms with Crippen molar-refractivity contribution in [3.63, 3.8) is 0 Å². The van der Waals surface area contributed by atoms with E-state index in [1.807, 2.05) is 12.1 Å². The van der Waals surface area contributed by atoms with Crippen LogP contribution in [0.4, 0.5) is 0 Å². The molecule has 4 heteroatoms. The maximum absolute atomic E-state index is 9.81. The van der Waals surface area contributed by atoms with E-state index in [4.69, 9.17) is 9.47 Å². The van der Waals surface area contributed by atoms with E-state index in [-0.39, 0.29) is 5.41 Å². The van der Waals surface area contributed by atoms with Crippen molar-refractivity contribution < 1.29 is 14.6 Å². The Kier molecular flexibility index (Phi) is 3.40. The minimum Gasteiger partial charge on any atom is -0.508 e. The molecular formula is C20H25BrO3. The average Bonchev–Trinajstić information content (AvgIpc) is 3.15. The zero-order valence-electron chi connectivity index (χ0n) is 14.1. The number of fused-ring (bicyclic) bond motifs is 6. The number of hydrogen-bond acceptors (Lipinski definition) is 3. The van der Waals surface area contributed by atoms with Crippen LogP contribution in [0.1, 0.15) is 49.7 Å². The van der Waals surface area contributed by atoms with Gasteiger partial charge in [-0.2, -0.15) is 0 Å². The maximum Gasteiger partial charge on any atom is 0.186 e. The van der Waals surface area contributed by atoms with Crippen LogP contribution in [0.3, 0.4) is 0 Å². The fourth-order valence-electron chi connectivity index (χ4n) is 6.43. The molecule has 130 valence electrons. The Morgan fingerprint density at radius 1 is 1.21 bits per heavy atom. The number of rotatable bonds is 0. The summed E-state index contributed by atoms with van der Waals surface area (Å²) < 4.78 is 12.5. The third kappa shape index (κ3) is 1.85. The Bertz CT molecular complexity index is 669. The fraction of sp³-hybridized carbons (Fsp3) is 0.700. The molecule has 0 radical (unpaired) electrons. The van der Waals surface area contributed by atoms with Gasteiger partial charge in [-0.1, -0.05) is 28.9 Å². The molecule has 0 bridgehead atoms. The number of benzene rings is 1. The van der Waals surface area contributed by atoms with Crippen LogP contribution in [-0.2, 0) is 15.9 Å². The summed E-state index contributed by atoms with van der Waals surface area (Å²) in [5.41, 5.74) is 2.94. The molecular weight excluding hydrogens is 368 g/mol. The number of aromatic hydroxyl groups is 1. The van der Waals surface area contributed by atoms with Gasteiger partial charge in [0.1, 0.15) is 5.75 Å². The van der Waals surface area contributed by atoms with Crippen molar-refractivity contribution in [2.45, 2.75) is 55.6 Å². The van der Waals surface area contributed by atoms with Gasteiger partial charge in [-0.05, 0) is 73.1 Å². The van der Waals surface area contributed by atoms with Gasteiger partial charge in [-0.15, -0.1) is 0 Å². The molecule has 1 saturated heterocycles. The minimum absolute atomic E-state index is 0.104. The Balaban J connectivity index is 1.53. The molecule has 2 saturated carbocycles. The topological polar surface area (TPSA) is 38.7 Å². The zero-order valence-corrected chi connectivity index (χ0v) is 15.7. The molecule has 0 amide bonds. The third-order valence-electron chi connectivity index (χ3n) is 7.49. The monoisotopic (exact) mass is 392 g/mol. The first-order valence-corrected chi connectivity index (χ1v) is 10.2. The average molecular weight is 393 g/mol. The summed E-state index contributed by atoms with van der Waals surface area (Å²) in [6, 6.07) is 6.01. The van der Waals surface area contributed by atoms with Crippen molar-refractivity contribution in [3.8, 4) is 5.75 Å². The summed E-state index contributed by atoms with van der Waals surface area (Å²) in [5.74, 6) is 1.95. The van der Waals surface area contributed by atoms with Crippen molar-refractivity contribution in [2.75, 3.05) is 13.2 Å². The van der Waals surface area contributed by atoms with E-state index in [2.05, 4.69) is 28.9 Å². The minimum atomic E-state index is -0.419. The number of hydrogen-bond donors (Lipinski definition) is 1. The summed E-state index contributed by atoms with van der Waals surface area (Å²) >= 11 is 3.92. The molecule has 1 spiro atoms. The van der Waals surface area contributed by atoms with Gasteiger partial charge in [0.25, 0.3) is 0 Å². The number of phenols is 1. The Labute approximate surface area is 151 Å². The highest BCUT2D eigenvalue weighted by molar-refractivity contribution is 9.09. The molecule has 3 nitrogen and oxygen atoms in total. The summed E-state index contributed by atoms with van der Waals surface area (Å²) in [7, 11) is 0. The molecule has 1 aliphatic heterocycles. The van der Waals surface area contributed by atoms with Gasteiger partial charge < -0.3 is 14.6 Å². The van der Waals surface area contributed by atoms with Crippen LogP contribution in [0.5, 0.6) is 5.75 Å². The second-order valence-corrected chi connectivity index (χ2v) is 9.43. The molecule has 4 aliphatic rings. The molecule has 1 aromatic carbocycles. The van der Waals surface area contributed by atoms with Gasteiger partial charge in [0.05, 0.1) is 18.0 Å². The summed E-state index contributed by atoms with van der Waals surface area (Å²) in [6.45, 7) is 3.86. The van der Waals surface area contributed by atoms with Crippen molar-refractivity contribution >= 4 is 15.9 Å². The van der Waals surface area contributed by atoms with Crippen LogP contribution in [0.2, 0.25) is 0 Å². The van der Waals surface area contributed by atoms with E-state index < -0.39 is 5.79 Å². The van der Waals surface area contributed by atoms with Gasteiger partial charge in [0, 0.05) is 5.41 Å². The van der Waals surface area contributed by atoms with Crippen LogP contribution in [0, 0.1) is 17.3 Å². The fourth-order valence-corrected chi connectivity index (χ4v) is 7.62. The molecule has 0 aromatic heterocycles. The largest absolute Gasteiger partial charge is 0.508 e. The van der Waals surface area contributed by atoms with Crippen molar-refractivity contribution in [1.29, 1.82) is 0 Å². The second kappa shape index (κ2) is 5.21. The predicted octanol–water partition coefficient (Wildman–Crippen LogP) is 4.36. The lowest BCUT2D eigenvalue weighted by atomic mass is 9.55. The number of alkyl halides is 1. The van der Waals surface area contributed by atoms with Crippen LogP contribution >= 0.6 is 15.9 Å². The summed E-state index contributed by atoms with van der Waals surface area (Å²) in [6.07, 6.45) is 5.80. The molecule has 24 heavy (non-hydrogen) atoms. The number of aryl methyl sites for hydroxylation is 1. The van der Waals surface area contributed by atoms with Crippen LogP contribution in [0.25, 0.3) is 0 Å². The number of ether oxygens (including phenoxy) is 2. The lowest BCUT2D eigenvalue weighted by Gasteiger charge is -2.52. The van der Waals surface area contributed by atoms with E-state index in [0.29, 0.717) is 28.3 Å². The van der Waals surface area contributed by atoms with Crippen molar-refractivity contribution in [3.05, 3.63) is 29.3 Å². The van der Waals surface area contributed by atoms with Gasteiger partial charge in [-0.3, -0.25) is 0 Å². The smallest absolute Gasteiger partial charge is 0.186 e. The van der Waals surface area contributed by atoms with Gasteiger partial charge in [-0.25, -0.2) is 0 Å². The molecule has 3 aliphatic carbocycles. The molecule has 5 atom stereocenters. The summed E-state index contributed by atoms with van der Waals surface area (Å²) in [5, 5.41) is 9.81. The molecule has 1 N–H and O–H groups in total. The quantitative estimate of drug-likeness (QED) is 0.666. The standard InChI is InChI=1S/C20H25BrO3/c1-19-7-6-15-14-5-3-13(22)10-12(14)2-4-16(15)17(19)11-18(21)20(19)23-8-9-24-20/h3,5,10,15-18,22H,2,4,6-9,11H2,1H3/t15-,16+,17+,18-,19-/m1/s1. The second-order valence-electron chi connectivity index (χ2n) is 8.32. The zero-order chi connectivity index (χ0) is 16.5. The number of halogens is 1.